The Morgan fingerprint density at radius 3 is 2.57 bits per heavy atom. The topological polar surface area (TPSA) is 30.5 Å². The molecule has 3 nitrogen and oxygen atoms in total. The molecule has 0 bridgehead atoms. The van der Waals surface area contributed by atoms with Gasteiger partial charge in [-0.3, -0.25) is 0 Å². The van der Waals surface area contributed by atoms with Crippen molar-refractivity contribution in [2.75, 3.05) is 27.3 Å². The van der Waals surface area contributed by atoms with E-state index in [1.807, 2.05) is 6.07 Å². The molecule has 0 saturated carbocycles. The molecule has 1 heterocycles. The first-order valence-corrected chi connectivity index (χ1v) is 7.92. The lowest BCUT2D eigenvalue weighted by atomic mass is 9.65. The summed E-state index contributed by atoms with van der Waals surface area (Å²) in [6, 6.07) is 6.32. The van der Waals surface area contributed by atoms with E-state index in [1.54, 1.807) is 14.2 Å². The fraction of sp³-hybridized carbons (Fsp3) is 0.667. The Hall–Kier alpha value is -1.22. The zero-order valence-corrected chi connectivity index (χ0v) is 14.0. The van der Waals surface area contributed by atoms with Crippen LogP contribution in [0.1, 0.15) is 32.8 Å². The Balaban J connectivity index is 2.22. The number of rotatable bonds is 5. The summed E-state index contributed by atoms with van der Waals surface area (Å²) in [6.45, 7) is 9.36. The minimum atomic E-state index is 0.346. The number of benzene rings is 1. The third-order valence-electron chi connectivity index (χ3n) is 4.99. The van der Waals surface area contributed by atoms with Gasteiger partial charge in [-0.15, -0.1) is 0 Å². The van der Waals surface area contributed by atoms with E-state index in [0.717, 1.165) is 31.0 Å². The van der Waals surface area contributed by atoms with Crippen molar-refractivity contribution in [1.29, 1.82) is 0 Å². The summed E-state index contributed by atoms with van der Waals surface area (Å²) in [6.07, 6.45) is 2.32. The van der Waals surface area contributed by atoms with E-state index < -0.39 is 0 Å². The highest BCUT2D eigenvalue weighted by Gasteiger charge is 2.38. The molecule has 3 heteroatoms. The maximum Gasteiger partial charge on any atom is 0.160 e. The average Bonchev–Trinajstić information content (AvgIpc) is 2.46. The molecule has 0 aliphatic carbocycles. The predicted octanol–water partition coefficient (Wildman–Crippen LogP) is 3.52. The van der Waals surface area contributed by atoms with Gasteiger partial charge in [0.15, 0.2) is 11.5 Å². The van der Waals surface area contributed by atoms with Crippen molar-refractivity contribution >= 4 is 0 Å². The van der Waals surface area contributed by atoms with E-state index in [-0.39, 0.29) is 0 Å². The van der Waals surface area contributed by atoms with Crippen LogP contribution in [-0.4, -0.2) is 27.3 Å². The van der Waals surface area contributed by atoms with Gasteiger partial charge in [0.05, 0.1) is 14.2 Å². The van der Waals surface area contributed by atoms with Gasteiger partial charge in [-0.05, 0) is 60.9 Å². The zero-order chi connectivity index (χ0) is 15.5. The molecule has 118 valence electrons. The number of nitrogens with one attached hydrogen (secondary N) is 1. The van der Waals surface area contributed by atoms with Crippen LogP contribution in [0.3, 0.4) is 0 Å². The minimum Gasteiger partial charge on any atom is -0.493 e. The van der Waals surface area contributed by atoms with Crippen LogP contribution in [0.25, 0.3) is 0 Å². The van der Waals surface area contributed by atoms with E-state index in [1.165, 1.54) is 12.0 Å². The Bertz CT molecular complexity index is 472. The normalized spacial score (nSPS) is 25.9. The van der Waals surface area contributed by atoms with Gasteiger partial charge in [0, 0.05) is 0 Å². The Morgan fingerprint density at radius 2 is 1.95 bits per heavy atom. The van der Waals surface area contributed by atoms with Crippen molar-refractivity contribution in [2.45, 2.75) is 33.6 Å². The lowest BCUT2D eigenvalue weighted by Gasteiger charge is -2.44. The van der Waals surface area contributed by atoms with Gasteiger partial charge in [-0.25, -0.2) is 0 Å². The van der Waals surface area contributed by atoms with E-state index in [9.17, 15) is 0 Å². The van der Waals surface area contributed by atoms with Crippen LogP contribution in [0.4, 0.5) is 0 Å². The molecule has 1 fully saturated rings. The molecule has 0 spiro atoms. The van der Waals surface area contributed by atoms with Crippen molar-refractivity contribution < 1.29 is 9.47 Å². The molecule has 1 saturated heterocycles. The number of ether oxygens (including phenoxy) is 2. The molecule has 1 aromatic rings. The first-order valence-electron chi connectivity index (χ1n) is 7.92. The zero-order valence-electron chi connectivity index (χ0n) is 14.0. The Morgan fingerprint density at radius 1 is 1.24 bits per heavy atom. The summed E-state index contributed by atoms with van der Waals surface area (Å²) >= 11 is 0. The van der Waals surface area contributed by atoms with Crippen LogP contribution in [0.2, 0.25) is 0 Å². The highest BCUT2D eigenvalue weighted by Crippen LogP contribution is 2.42. The second kappa shape index (κ2) is 6.69. The van der Waals surface area contributed by atoms with Crippen molar-refractivity contribution in [3.05, 3.63) is 23.8 Å². The van der Waals surface area contributed by atoms with Gasteiger partial charge in [-0.2, -0.15) is 0 Å². The molecule has 2 atom stereocenters. The van der Waals surface area contributed by atoms with Crippen LogP contribution >= 0.6 is 0 Å². The molecular formula is C18H29NO2. The average molecular weight is 291 g/mol. The van der Waals surface area contributed by atoms with Gasteiger partial charge < -0.3 is 14.8 Å². The SMILES string of the molecule is COc1ccc(CC2(C)CCNCC2C(C)C)cc1OC. The summed E-state index contributed by atoms with van der Waals surface area (Å²) in [5.74, 6) is 3.04. The summed E-state index contributed by atoms with van der Waals surface area (Å²) in [7, 11) is 3.38. The van der Waals surface area contributed by atoms with Crippen LogP contribution < -0.4 is 14.8 Å². The summed E-state index contributed by atoms with van der Waals surface area (Å²) in [4.78, 5) is 0. The summed E-state index contributed by atoms with van der Waals surface area (Å²) in [5, 5.41) is 3.55. The van der Waals surface area contributed by atoms with Gasteiger partial charge in [-0.1, -0.05) is 26.8 Å². The molecule has 1 aliphatic rings. The van der Waals surface area contributed by atoms with Crippen molar-refractivity contribution in [2.24, 2.45) is 17.3 Å². The molecule has 1 aromatic carbocycles. The Labute approximate surface area is 129 Å². The van der Waals surface area contributed by atoms with E-state index in [0.29, 0.717) is 17.3 Å². The first kappa shape index (κ1) is 16.2. The van der Waals surface area contributed by atoms with Gasteiger partial charge >= 0.3 is 0 Å². The molecule has 21 heavy (non-hydrogen) atoms. The molecule has 2 rings (SSSR count). The second-order valence-electron chi connectivity index (χ2n) is 6.82. The molecule has 0 radical (unpaired) electrons. The summed E-state index contributed by atoms with van der Waals surface area (Å²) in [5.41, 5.74) is 1.68. The van der Waals surface area contributed by atoms with Crippen LogP contribution in [0, 0.1) is 17.3 Å². The lowest BCUT2D eigenvalue weighted by Crippen LogP contribution is -2.46. The van der Waals surface area contributed by atoms with Crippen molar-refractivity contribution in [3.63, 3.8) is 0 Å². The van der Waals surface area contributed by atoms with E-state index >= 15 is 0 Å². The highest BCUT2D eigenvalue weighted by atomic mass is 16.5. The predicted molar refractivity (Wildman–Crippen MR) is 87.2 cm³/mol. The van der Waals surface area contributed by atoms with Crippen LogP contribution in [0.15, 0.2) is 18.2 Å². The molecule has 0 aromatic heterocycles. The highest BCUT2D eigenvalue weighted by molar-refractivity contribution is 5.43. The number of piperidine rings is 1. The maximum atomic E-state index is 5.44. The smallest absolute Gasteiger partial charge is 0.160 e. The number of methoxy groups -OCH3 is 2. The molecule has 1 aliphatic heterocycles. The largest absolute Gasteiger partial charge is 0.493 e. The van der Waals surface area contributed by atoms with Crippen LogP contribution in [-0.2, 0) is 6.42 Å². The van der Waals surface area contributed by atoms with Crippen LogP contribution in [0.5, 0.6) is 11.5 Å². The molecule has 1 N–H and O–H groups in total. The first-order chi connectivity index (χ1) is 10.00. The quantitative estimate of drug-likeness (QED) is 0.900. The number of hydrogen-bond acceptors (Lipinski definition) is 3. The van der Waals surface area contributed by atoms with Gasteiger partial charge in [0.1, 0.15) is 0 Å². The summed E-state index contributed by atoms with van der Waals surface area (Å²) < 4.78 is 10.8. The monoisotopic (exact) mass is 291 g/mol. The Kier molecular flexibility index (Phi) is 5.15. The fourth-order valence-corrected chi connectivity index (χ4v) is 3.78. The third kappa shape index (κ3) is 3.52. The van der Waals surface area contributed by atoms with E-state index in [4.69, 9.17) is 9.47 Å². The molecule has 2 unspecified atom stereocenters. The maximum absolute atomic E-state index is 5.44. The fourth-order valence-electron chi connectivity index (χ4n) is 3.78. The standard InChI is InChI=1S/C18H29NO2/c1-13(2)15-12-19-9-8-18(15,3)11-14-6-7-16(20-4)17(10-14)21-5/h6-7,10,13,15,19H,8-9,11-12H2,1-5H3. The van der Waals surface area contributed by atoms with Crippen molar-refractivity contribution in [3.8, 4) is 11.5 Å². The van der Waals surface area contributed by atoms with E-state index in [2.05, 4.69) is 38.2 Å². The van der Waals surface area contributed by atoms with Gasteiger partial charge in [0.2, 0.25) is 0 Å². The number of hydrogen-bond donors (Lipinski definition) is 1. The lowest BCUT2D eigenvalue weighted by molar-refractivity contribution is 0.0901. The molecular weight excluding hydrogens is 262 g/mol. The third-order valence-corrected chi connectivity index (χ3v) is 4.99. The van der Waals surface area contributed by atoms with Crippen molar-refractivity contribution in [1.82, 2.24) is 5.32 Å². The van der Waals surface area contributed by atoms with Gasteiger partial charge in [0.25, 0.3) is 0 Å². The minimum absolute atomic E-state index is 0.346. The second-order valence-corrected chi connectivity index (χ2v) is 6.82. The molecule has 0 amide bonds.